The third-order valence-electron chi connectivity index (χ3n) is 4.41. The summed E-state index contributed by atoms with van der Waals surface area (Å²) in [4.78, 5) is 21.2. The zero-order valence-electron chi connectivity index (χ0n) is 13.7. The number of amides is 1. The molecule has 1 aliphatic rings. The molecule has 24 heavy (non-hydrogen) atoms. The summed E-state index contributed by atoms with van der Waals surface area (Å²) in [6.45, 7) is 1.56. The first-order valence-electron chi connectivity index (χ1n) is 8.09. The topological polar surface area (TPSA) is 60.2 Å². The SMILES string of the molecule is CN(CCc1nccs1)[C@@H]1CCCN(c2ccc(C#N)cc2)C1=O. The number of anilines is 1. The minimum Gasteiger partial charge on any atom is -0.311 e. The molecular weight excluding hydrogens is 320 g/mol. The highest BCUT2D eigenvalue weighted by atomic mass is 32.1. The van der Waals surface area contributed by atoms with Crippen LogP contribution in [0.4, 0.5) is 5.69 Å². The summed E-state index contributed by atoms with van der Waals surface area (Å²) in [5.74, 6) is 0.146. The molecule has 1 fully saturated rings. The lowest BCUT2D eigenvalue weighted by atomic mass is 10.0. The van der Waals surface area contributed by atoms with E-state index in [0.29, 0.717) is 5.56 Å². The number of carbonyl (C=O) groups is 1. The number of thiazole rings is 1. The maximum Gasteiger partial charge on any atom is 0.244 e. The number of carbonyl (C=O) groups excluding carboxylic acids is 1. The fourth-order valence-electron chi connectivity index (χ4n) is 3.04. The lowest BCUT2D eigenvalue weighted by Crippen LogP contribution is -2.51. The smallest absolute Gasteiger partial charge is 0.244 e. The standard InChI is InChI=1S/C18H20N4OS/c1-21(11-8-17-20-9-12-24-17)16-3-2-10-22(18(16)23)15-6-4-14(13-19)5-7-15/h4-7,9,12,16H,2-3,8,10-11H2,1H3/t16-/m1/s1. The summed E-state index contributed by atoms with van der Waals surface area (Å²) >= 11 is 1.65. The van der Waals surface area contributed by atoms with Crippen LogP contribution in [0.2, 0.25) is 0 Å². The first-order chi connectivity index (χ1) is 11.7. The van der Waals surface area contributed by atoms with Gasteiger partial charge >= 0.3 is 0 Å². The normalized spacial score (nSPS) is 18.0. The van der Waals surface area contributed by atoms with Gasteiger partial charge in [0.05, 0.1) is 22.7 Å². The monoisotopic (exact) mass is 340 g/mol. The van der Waals surface area contributed by atoms with Gasteiger partial charge < -0.3 is 4.90 Å². The molecular formula is C18H20N4OS. The zero-order valence-corrected chi connectivity index (χ0v) is 14.5. The third kappa shape index (κ3) is 3.64. The molecule has 124 valence electrons. The summed E-state index contributed by atoms with van der Waals surface area (Å²) in [7, 11) is 2.01. The lowest BCUT2D eigenvalue weighted by Gasteiger charge is -2.36. The zero-order chi connectivity index (χ0) is 16.9. The van der Waals surface area contributed by atoms with Gasteiger partial charge in [0.2, 0.25) is 5.91 Å². The van der Waals surface area contributed by atoms with E-state index in [1.807, 2.05) is 35.7 Å². The van der Waals surface area contributed by atoms with Crippen molar-refractivity contribution < 1.29 is 4.79 Å². The summed E-state index contributed by atoms with van der Waals surface area (Å²) < 4.78 is 0. The van der Waals surface area contributed by atoms with Gasteiger partial charge in [-0.1, -0.05) is 0 Å². The van der Waals surface area contributed by atoms with Crippen molar-refractivity contribution in [3.05, 3.63) is 46.4 Å². The Morgan fingerprint density at radius 2 is 2.21 bits per heavy atom. The van der Waals surface area contributed by atoms with E-state index in [-0.39, 0.29) is 11.9 Å². The molecule has 6 heteroatoms. The number of aromatic nitrogens is 1. The van der Waals surface area contributed by atoms with Crippen molar-refractivity contribution in [1.29, 1.82) is 5.26 Å². The van der Waals surface area contributed by atoms with Crippen molar-refractivity contribution in [1.82, 2.24) is 9.88 Å². The summed E-state index contributed by atoms with van der Waals surface area (Å²) in [5.41, 5.74) is 1.48. The Kier molecular flexibility index (Phi) is 5.24. The van der Waals surface area contributed by atoms with E-state index in [1.54, 1.807) is 23.5 Å². The van der Waals surface area contributed by atoms with E-state index in [2.05, 4.69) is 16.0 Å². The first-order valence-corrected chi connectivity index (χ1v) is 8.97. The Hall–Kier alpha value is -2.23. The van der Waals surface area contributed by atoms with Crippen LogP contribution in [0.25, 0.3) is 0 Å². The molecule has 3 rings (SSSR count). The maximum absolute atomic E-state index is 12.9. The molecule has 1 aromatic heterocycles. The summed E-state index contributed by atoms with van der Waals surface area (Å²) in [5, 5.41) is 12.0. The van der Waals surface area contributed by atoms with Crippen molar-refractivity contribution in [3.63, 3.8) is 0 Å². The molecule has 5 nitrogen and oxygen atoms in total. The van der Waals surface area contributed by atoms with Crippen LogP contribution in [-0.2, 0) is 11.2 Å². The highest BCUT2D eigenvalue weighted by Gasteiger charge is 2.32. The molecule has 1 amide bonds. The number of rotatable bonds is 5. The number of likely N-dealkylation sites (N-methyl/N-ethyl adjacent to an activating group) is 1. The van der Waals surface area contributed by atoms with Gasteiger partial charge in [-0.2, -0.15) is 5.26 Å². The molecule has 0 N–H and O–H groups in total. The lowest BCUT2D eigenvalue weighted by molar-refractivity contribution is -0.124. The van der Waals surface area contributed by atoms with E-state index in [1.165, 1.54) is 0 Å². The second-order valence-corrected chi connectivity index (χ2v) is 6.94. The van der Waals surface area contributed by atoms with Gasteiger partial charge in [0.25, 0.3) is 0 Å². The Balaban J connectivity index is 1.66. The van der Waals surface area contributed by atoms with Crippen molar-refractivity contribution in [2.24, 2.45) is 0 Å². The highest BCUT2D eigenvalue weighted by molar-refractivity contribution is 7.09. The Morgan fingerprint density at radius 3 is 2.88 bits per heavy atom. The van der Waals surface area contributed by atoms with Crippen LogP contribution in [-0.4, -0.2) is 42.0 Å². The van der Waals surface area contributed by atoms with Gasteiger partial charge in [0, 0.05) is 36.8 Å². The Labute approximate surface area is 146 Å². The van der Waals surface area contributed by atoms with Crippen LogP contribution >= 0.6 is 11.3 Å². The molecule has 1 saturated heterocycles. The van der Waals surface area contributed by atoms with Crippen molar-refractivity contribution in [3.8, 4) is 6.07 Å². The number of benzene rings is 1. The molecule has 0 saturated carbocycles. The summed E-state index contributed by atoms with van der Waals surface area (Å²) in [6.07, 6.45) is 4.56. The number of hydrogen-bond donors (Lipinski definition) is 0. The van der Waals surface area contributed by atoms with E-state index in [0.717, 1.165) is 43.0 Å². The fourth-order valence-corrected chi connectivity index (χ4v) is 3.65. The van der Waals surface area contributed by atoms with Crippen LogP contribution in [0.1, 0.15) is 23.4 Å². The molecule has 0 bridgehead atoms. The summed E-state index contributed by atoms with van der Waals surface area (Å²) in [6, 6.07) is 9.26. The van der Waals surface area contributed by atoms with Crippen LogP contribution in [0.15, 0.2) is 35.8 Å². The van der Waals surface area contributed by atoms with Crippen LogP contribution in [0, 0.1) is 11.3 Å². The molecule has 0 unspecified atom stereocenters. The van der Waals surface area contributed by atoms with Crippen molar-refractivity contribution in [2.75, 3.05) is 25.0 Å². The number of piperidine rings is 1. The third-order valence-corrected chi connectivity index (χ3v) is 5.25. The van der Waals surface area contributed by atoms with Gasteiger partial charge in [0.15, 0.2) is 0 Å². The van der Waals surface area contributed by atoms with Crippen molar-refractivity contribution >= 4 is 22.9 Å². The molecule has 2 heterocycles. The molecule has 1 aromatic carbocycles. The molecule has 0 spiro atoms. The quantitative estimate of drug-likeness (QED) is 0.840. The van der Waals surface area contributed by atoms with Crippen LogP contribution in [0.3, 0.4) is 0 Å². The van der Waals surface area contributed by atoms with Gasteiger partial charge in [0.1, 0.15) is 0 Å². The Bertz CT molecular complexity index is 720. The number of nitriles is 1. The maximum atomic E-state index is 12.9. The van der Waals surface area contributed by atoms with Crippen LogP contribution < -0.4 is 4.90 Å². The molecule has 2 aromatic rings. The van der Waals surface area contributed by atoms with Crippen molar-refractivity contribution in [2.45, 2.75) is 25.3 Å². The second kappa shape index (κ2) is 7.56. The average Bonchev–Trinajstić information content (AvgIpc) is 3.13. The van der Waals surface area contributed by atoms with Gasteiger partial charge in [-0.05, 0) is 44.2 Å². The molecule has 1 atom stereocenters. The minimum absolute atomic E-state index is 0.0886. The predicted molar refractivity (Wildman–Crippen MR) is 95.0 cm³/mol. The van der Waals surface area contributed by atoms with Crippen LogP contribution in [0.5, 0.6) is 0 Å². The fraction of sp³-hybridized carbons (Fsp3) is 0.389. The van der Waals surface area contributed by atoms with E-state index < -0.39 is 0 Å². The van der Waals surface area contributed by atoms with E-state index >= 15 is 0 Å². The predicted octanol–water partition coefficient (Wildman–Crippen LogP) is 2.68. The average molecular weight is 340 g/mol. The first kappa shape index (κ1) is 16.6. The minimum atomic E-state index is -0.0886. The number of hydrogen-bond acceptors (Lipinski definition) is 5. The Morgan fingerprint density at radius 1 is 1.42 bits per heavy atom. The van der Waals surface area contributed by atoms with Gasteiger partial charge in [-0.15, -0.1) is 11.3 Å². The molecule has 0 radical (unpaired) electrons. The van der Waals surface area contributed by atoms with E-state index in [9.17, 15) is 4.79 Å². The van der Waals surface area contributed by atoms with Gasteiger partial charge in [-0.25, -0.2) is 4.98 Å². The molecule has 1 aliphatic heterocycles. The second-order valence-electron chi connectivity index (χ2n) is 5.96. The van der Waals surface area contributed by atoms with Gasteiger partial charge in [-0.3, -0.25) is 9.69 Å². The van der Waals surface area contributed by atoms with E-state index in [4.69, 9.17) is 5.26 Å². The number of nitrogens with zero attached hydrogens (tertiary/aromatic N) is 4. The molecule has 0 aliphatic carbocycles. The largest absolute Gasteiger partial charge is 0.311 e. The highest BCUT2D eigenvalue weighted by Crippen LogP contribution is 2.24.